The van der Waals surface area contributed by atoms with E-state index in [2.05, 4.69) is 25.9 Å². The number of carbonyl (C=O) groups excluding carboxylic acids is 1. The van der Waals surface area contributed by atoms with Gasteiger partial charge in [-0.15, -0.1) is 0 Å². The fraction of sp³-hybridized carbons (Fsp3) is 0.312. The number of methoxy groups -OCH3 is 1. The monoisotopic (exact) mass is 409 g/mol. The van der Waals surface area contributed by atoms with E-state index in [9.17, 15) is 9.18 Å². The lowest BCUT2D eigenvalue weighted by Crippen LogP contribution is -2.47. The molecule has 25 heavy (non-hydrogen) atoms. The number of piperazine rings is 1. The highest BCUT2D eigenvalue weighted by molar-refractivity contribution is 9.10. The standard InChI is InChI=1S/C16H17BrFN5O2/c1-25-13-2-3-20-16(21-13)23-6-4-22(5-7-23)12-9-10(17)8-11(18)14(12)15(19)24/h2-3,8-9H,4-7H2,1H3,(H2,19,24). The van der Waals surface area contributed by atoms with Crippen molar-refractivity contribution in [2.45, 2.75) is 0 Å². The predicted octanol–water partition coefficient (Wildman–Crippen LogP) is 1.81. The molecule has 1 aromatic heterocycles. The third-order valence-corrected chi connectivity index (χ3v) is 4.47. The second-order valence-electron chi connectivity index (χ2n) is 5.52. The van der Waals surface area contributed by atoms with Crippen LogP contribution in [0.1, 0.15) is 10.4 Å². The third-order valence-electron chi connectivity index (χ3n) is 4.01. The number of aromatic nitrogens is 2. The zero-order valence-electron chi connectivity index (χ0n) is 13.6. The SMILES string of the molecule is COc1ccnc(N2CCN(c3cc(Br)cc(F)c3C(N)=O)CC2)n1. The van der Waals surface area contributed by atoms with Crippen molar-refractivity contribution in [2.24, 2.45) is 5.73 Å². The number of carbonyl (C=O) groups is 1. The number of benzene rings is 1. The van der Waals surface area contributed by atoms with Crippen LogP contribution >= 0.6 is 15.9 Å². The van der Waals surface area contributed by atoms with Gasteiger partial charge in [0.05, 0.1) is 18.4 Å². The van der Waals surface area contributed by atoms with Gasteiger partial charge in [-0.2, -0.15) is 4.98 Å². The summed E-state index contributed by atoms with van der Waals surface area (Å²) in [7, 11) is 1.55. The van der Waals surface area contributed by atoms with Crippen molar-refractivity contribution in [3.63, 3.8) is 0 Å². The molecule has 1 saturated heterocycles. The topological polar surface area (TPSA) is 84.6 Å². The van der Waals surface area contributed by atoms with Gasteiger partial charge in [-0.25, -0.2) is 9.37 Å². The summed E-state index contributed by atoms with van der Waals surface area (Å²) in [5.74, 6) is -0.332. The van der Waals surface area contributed by atoms with Gasteiger partial charge < -0.3 is 20.3 Å². The number of hydrogen-bond acceptors (Lipinski definition) is 6. The lowest BCUT2D eigenvalue weighted by atomic mass is 10.1. The first kappa shape index (κ1) is 17.4. The van der Waals surface area contributed by atoms with Crippen molar-refractivity contribution in [2.75, 3.05) is 43.1 Å². The van der Waals surface area contributed by atoms with Gasteiger partial charge in [0, 0.05) is 42.9 Å². The van der Waals surface area contributed by atoms with Gasteiger partial charge in [-0.3, -0.25) is 4.79 Å². The lowest BCUT2D eigenvalue weighted by molar-refractivity contribution is 0.0997. The maximum absolute atomic E-state index is 14.1. The van der Waals surface area contributed by atoms with E-state index in [1.165, 1.54) is 6.07 Å². The average molecular weight is 410 g/mol. The fourth-order valence-electron chi connectivity index (χ4n) is 2.80. The second kappa shape index (κ2) is 7.22. The van der Waals surface area contributed by atoms with Crippen LogP contribution in [-0.2, 0) is 0 Å². The summed E-state index contributed by atoms with van der Waals surface area (Å²) in [4.78, 5) is 24.2. The first-order chi connectivity index (χ1) is 12.0. The van der Waals surface area contributed by atoms with Crippen molar-refractivity contribution in [3.05, 3.63) is 40.2 Å². The Kier molecular flexibility index (Phi) is 5.03. The van der Waals surface area contributed by atoms with Crippen LogP contribution in [0.25, 0.3) is 0 Å². The van der Waals surface area contributed by atoms with Gasteiger partial charge in [-0.05, 0) is 12.1 Å². The molecule has 7 nitrogen and oxygen atoms in total. The minimum Gasteiger partial charge on any atom is -0.481 e. The van der Waals surface area contributed by atoms with Crippen molar-refractivity contribution in [1.82, 2.24) is 9.97 Å². The average Bonchev–Trinajstić information content (AvgIpc) is 2.61. The Hall–Kier alpha value is -2.42. The van der Waals surface area contributed by atoms with Gasteiger partial charge in [0.2, 0.25) is 11.8 Å². The molecule has 1 aromatic carbocycles. The van der Waals surface area contributed by atoms with Crippen LogP contribution in [-0.4, -0.2) is 49.2 Å². The maximum Gasteiger partial charge on any atom is 0.253 e. The number of primary amides is 1. The van der Waals surface area contributed by atoms with Crippen molar-refractivity contribution >= 4 is 33.5 Å². The Bertz CT molecular complexity index is 796. The molecule has 2 aromatic rings. The zero-order chi connectivity index (χ0) is 18.0. The summed E-state index contributed by atoms with van der Waals surface area (Å²) in [6.45, 7) is 2.41. The molecular weight excluding hydrogens is 393 g/mol. The molecular formula is C16H17BrFN5O2. The Morgan fingerprint density at radius 3 is 2.60 bits per heavy atom. The first-order valence-corrected chi connectivity index (χ1v) is 8.44. The quantitative estimate of drug-likeness (QED) is 0.828. The second-order valence-corrected chi connectivity index (χ2v) is 6.43. The lowest BCUT2D eigenvalue weighted by Gasteiger charge is -2.36. The summed E-state index contributed by atoms with van der Waals surface area (Å²) in [5.41, 5.74) is 5.76. The van der Waals surface area contributed by atoms with E-state index in [4.69, 9.17) is 10.5 Å². The van der Waals surface area contributed by atoms with Gasteiger partial charge >= 0.3 is 0 Å². The van der Waals surface area contributed by atoms with Crippen LogP contribution in [0.15, 0.2) is 28.9 Å². The highest BCUT2D eigenvalue weighted by atomic mass is 79.9. The van der Waals surface area contributed by atoms with E-state index < -0.39 is 11.7 Å². The maximum atomic E-state index is 14.1. The van der Waals surface area contributed by atoms with Crippen LogP contribution in [0.2, 0.25) is 0 Å². The number of nitrogens with zero attached hydrogens (tertiary/aromatic N) is 4. The van der Waals surface area contributed by atoms with E-state index in [0.717, 1.165) is 0 Å². The Morgan fingerprint density at radius 2 is 1.96 bits per heavy atom. The van der Waals surface area contributed by atoms with E-state index in [1.807, 2.05) is 9.80 Å². The number of halogens is 2. The van der Waals surface area contributed by atoms with Crippen LogP contribution in [0.5, 0.6) is 5.88 Å². The third kappa shape index (κ3) is 3.65. The molecule has 9 heteroatoms. The first-order valence-electron chi connectivity index (χ1n) is 7.65. The normalized spacial score (nSPS) is 14.5. The summed E-state index contributed by atoms with van der Waals surface area (Å²) < 4.78 is 19.8. The molecule has 2 N–H and O–H groups in total. The fourth-order valence-corrected chi connectivity index (χ4v) is 3.22. The summed E-state index contributed by atoms with van der Waals surface area (Å²) >= 11 is 3.26. The van der Waals surface area contributed by atoms with Crippen LogP contribution in [0.3, 0.4) is 0 Å². The van der Waals surface area contributed by atoms with Crippen molar-refractivity contribution in [1.29, 1.82) is 0 Å². The Balaban J connectivity index is 1.80. The molecule has 0 bridgehead atoms. The summed E-state index contributed by atoms with van der Waals surface area (Å²) in [6, 6.07) is 4.63. The number of rotatable bonds is 4. The number of ether oxygens (including phenoxy) is 1. The number of anilines is 2. The minimum absolute atomic E-state index is 0.0886. The van der Waals surface area contributed by atoms with Gasteiger partial charge in [0.1, 0.15) is 5.82 Å². The molecule has 0 aliphatic carbocycles. The minimum atomic E-state index is -0.779. The van der Waals surface area contributed by atoms with Crippen LogP contribution in [0.4, 0.5) is 16.0 Å². The van der Waals surface area contributed by atoms with Crippen LogP contribution in [0, 0.1) is 5.82 Å². The molecule has 0 spiro atoms. The van der Waals surface area contributed by atoms with E-state index in [1.54, 1.807) is 25.4 Å². The molecule has 0 saturated carbocycles. The van der Waals surface area contributed by atoms with Crippen LogP contribution < -0.4 is 20.3 Å². The van der Waals surface area contributed by atoms with E-state index in [-0.39, 0.29) is 5.56 Å². The molecule has 1 amide bonds. The predicted molar refractivity (Wildman–Crippen MR) is 95.6 cm³/mol. The Morgan fingerprint density at radius 1 is 1.28 bits per heavy atom. The summed E-state index contributed by atoms with van der Waals surface area (Å²) in [5, 5.41) is 0. The van der Waals surface area contributed by atoms with E-state index >= 15 is 0 Å². The summed E-state index contributed by atoms with van der Waals surface area (Å²) in [6.07, 6.45) is 1.64. The largest absolute Gasteiger partial charge is 0.481 e. The molecule has 1 fully saturated rings. The van der Waals surface area contributed by atoms with Gasteiger partial charge in [0.25, 0.3) is 5.91 Å². The van der Waals surface area contributed by atoms with Crippen molar-refractivity contribution in [3.8, 4) is 5.88 Å². The molecule has 1 aliphatic heterocycles. The zero-order valence-corrected chi connectivity index (χ0v) is 15.2. The van der Waals surface area contributed by atoms with E-state index in [0.29, 0.717) is 48.2 Å². The molecule has 1 aliphatic rings. The number of amides is 1. The number of hydrogen-bond donors (Lipinski definition) is 1. The molecule has 132 valence electrons. The molecule has 0 radical (unpaired) electrons. The molecule has 0 unspecified atom stereocenters. The number of nitrogens with two attached hydrogens (primary N) is 1. The smallest absolute Gasteiger partial charge is 0.253 e. The van der Waals surface area contributed by atoms with Crippen molar-refractivity contribution < 1.29 is 13.9 Å². The highest BCUT2D eigenvalue weighted by Crippen LogP contribution is 2.29. The Labute approximate surface area is 152 Å². The molecule has 2 heterocycles. The van der Waals surface area contributed by atoms with Gasteiger partial charge in [-0.1, -0.05) is 15.9 Å². The highest BCUT2D eigenvalue weighted by Gasteiger charge is 2.25. The molecule has 0 atom stereocenters. The molecule has 3 rings (SSSR count). The van der Waals surface area contributed by atoms with Gasteiger partial charge in [0.15, 0.2) is 0 Å².